The van der Waals surface area contributed by atoms with E-state index in [9.17, 15) is 19.0 Å². The van der Waals surface area contributed by atoms with Crippen molar-refractivity contribution in [2.75, 3.05) is 47.5 Å². The van der Waals surface area contributed by atoms with Crippen molar-refractivity contribution in [3.05, 3.63) is 170 Å². The second-order valence-corrected chi connectivity index (χ2v) is 27.3. The molecule has 0 aliphatic heterocycles. The lowest BCUT2D eigenvalue weighted by atomic mass is 10.0. The first-order chi connectivity index (χ1) is 46.0. The topological polar surface area (TPSA) is 111 Å². The number of likely N-dealkylation sites (N-methyl/N-ethyl adjacent to an activating group) is 1. The van der Waals surface area contributed by atoms with Gasteiger partial charge in [-0.1, -0.05) is 325 Å². The van der Waals surface area contributed by atoms with Crippen LogP contribution < -0.4 is 4.89 Å². The van der Waals surface area contributed by atoms with Gasteiger partial charge in [0.2, 0.25) is 0 Å². The Balaban J connectivity index is 4.03. The van der Waals surface area contributed by atoms with E-state index < -0.39 is 32.5 Å². The summed E-state index contributed by atoms with van der Waals surface area (Å²) >= 11 is 0. The minimum absolute atomic E-state index is 0.0431. The average molecular weight is 1320 g/mol. The molecular weight excluding hydrogens is 1180 g/mol. The molecule has 0 aromatic heterocycles. The van der Waals surface area contributed by atoms with Crippen molar-refractivity contribution in [1.29, 1.82) is 0 Å². The predicted octanol–water partition coefficient (Wildman–Crippen LogP) is 24.6. The number of nitrogens with zero attached hydrogens (tertiary/aromatic N) is 1. The Bertz CT molecular complexity index is 2200. The van der Waals surface area contributed by atoms with Crippen molar-refractivity contribution in [2.24, 2.45) is 0 Å². The molecule has 534 valence electrons. The van der Waals surface area contributed by atoms with E-state index in [0.29, 0.717) is 17.4 Å². The molecule has 0 fully saturated rings. The van der Waals surface area contributed by atoms with Gasteiger partial charge in [-0.2, -0.15) is 0 Å². The molecule has 0 aliphatic carbocycles. The molecule has 0 aromatic rings. The molecule has 0 bridgehead atoms. The Hall–Kier alpha value is -4.63. The maximum Gasteiger partial charge on any atom is 0.306 e. The lowest BCUT2D eigenvalue weighted by molar-refractivity contribution is -0.870. The van der Waals surface area contributed by atoms with E-state index in [1.165, 1.54) is 128 Å². The maximum atomic E-state index is 12.9. The Kier molecular flexibility index (Phi) is 69.1. The molecule has 2 atom stereocenters. The molecule has 0 spiro atoms. The number of hydrogen-bond acceptors (Lipinski definition) is 8. The van der Waals surface area contributed by atoms with Crippen LogP contribution >= 0.6 is 7.82 Å². The molecule has 0 N–H and O–H groups in total. The van der Waals surface area contributed by atoms with Crippen molar-refractivity contribution in [1.82, 2.24) is 0 Å². The Morgan fingerprint density at radius 2 is 0.574 bits per heavy atom. The largest absolute Gasteiger partial charge is 0.756 e. The van der Waals surface area contributed by atoms with Gasteiger partial charge >= 0.3 is 11.9 Å². The Morgan fingerprint density at radius 3 is 0.851 bits per heavy atom. The molecule has 0 aromatic carbocycles. The zero-order valence-electron chi connectivity index (χ0n) is 60.8. The predicted molar refractivity (Wildman–Crippen MR) is 406 cm³/mol. The summed E-state index contributed by atoms with van der Waals surface area (Å²) in [7, 11) is 1.14. The summed E-state index contributed by atoms with van der Waals surface area (Å²) in [4.78, 5) is 38.1. The molecule has 0 rings (SSSR count). The summed E-state index contributed by atoms with van der Waals surface area (Å²) < 4.78 is 34.3. The highest BCUT2D eigenvalue weighted by molar-refractivity contribution is 7.45. The van der Waals surface area contributed by atoms with Crippen LogP contribution in [0.5, 0.6) is 0 Å². The quantitative estimate of drug-likeness (QED) is 0.0195. The van der Waals surface area contributed by atoms with Gasteiger partial charge in [-0.15, -0.1) is 0 Å². The number of phosphoric acid groups is 1. The standard InChI is InChI=1S/C84H140NO8P/c1-6-8-10-12-14-16-18-20-22-24-26-28-30-32-34-36-37-38-39-40-41-42-43-44-45-46-47-49-50-52-54-56-58-60-62-64-66-68-70-72-74-76-83(86)90-80-82(81-92-94(88,89)91-79-78-85(3,4)5)93-84(87)77-75-73-71-69-67-65-63-61-59-57-55-53-51-48-35-33-31-29-27-25-23-21-19-17-15-13-11-9-7-2/h8-11,14-17,20-23,26-29,32-35,37-38,51,53,57,59,63,65,82H,6-7,12-13,18-19,24-25,30-31,36,39-50,52,54-56,58,60-62,64,66-81H2,1-5H3/b10-8-,11-9-,16-14-,17-15-,22-20-,23-21-,28-26-,29-27-,34-32-,35-33-,38-37-,53-51-,59-57-,65-63-. The fraction of sp³-hybridized carbons (Fsp3) is 0.643. The molecule has 10 heteroatoms. The molecular formula is C84H140NO8P. The van der Waals surface area contributed by atoms with Gasteiger partial charge < -0.3 is 27.9 Å². The smallest absolute Gasteiger partial charge is 0.306 e. The van der Waals surface area contributed by atoms with Crippen LogP contribution in [-0.4, -0.2) is 70.0 Å². The second kappa shape index (κ2) is 72.6. The number of allylic oxidation sites excluding steroid dienone is 28. The summed E-state index contributed by atoms with van der Waals surface area (Å²) in [5, 5.41) is 0. The first-order valence-electron chi connectivity index (χ1n) is 37.8. The van der Waals surface area contributed by atoms with Crippen molar-refractivity contribution < 1.29 is 42.1 Å². The van der Waals surface area contributed by atoms with E-state index in [2.05, 4.69) is 184 Å². The van der Waals surface area contributed by atoms with Gasteiger partial charge in [0.05, 0.1) is 27.7 Å². The van der Waals surface area contributed by atoms with Gasteiger partial charge in [0, 0.05) is 12.8 Å². The van der Waals surface area contributed by atoms with Gasteiger partial charge in [-0.3, -0.25) is 14.2 Å². The number of unbranched alkanes of at least 4 members (excludes halogenated alkanes) is 26. The van der Waals surface area contributed by atoms with Crippen LogP contribution in [0.3, 0.4) is 0 Å². The van der Waals surface area contributed by atoms with E-state index >= 15 is 0 Å². The maximum absolute atomic E-state index is 12.9. The molecule has 9 nitrogen and oxygen atoms in total. The number of esters is 2. The molecule has 2 unspecified atom stereocenters. The van der Waals surface area contributed by atoms with Gasteiger partial charge in [0.1, 0.15) is 19.8 Å². The van der Waals surface area contributed by atoms with Crippen LogP contribution in [0.4, 0.5) is 0 Å². The minimum atomic E-state index is -4.66. The van der Waals surface area contributed by atoms with E-state index in [1.807, 2.05) is 21.1 Å². The Morgan fingerprint density at radius 1 is 0.330 bits per heavy atom. The molecule has 0 saturated carbocycles. The zero-order chi connectivity index (χ0) is 68.3. The van der Waals surface area contributed by atoms with Gasteiger partial charge in [0.15, 0.2) is 6.10 Å². The first kappa shape index (κ1) is 89.4. The minimum Gasteiger partial charge on any atom is -0.756 e. The molecule has 0 amide bonds. The van der Waals surface area contributed by atoms with E-state index in [-0.39, 0.29) is 26.1 Å². The van der Waals surface area contributed by atoms with Crippen LogP contribution in [-0.2, 0) is 32.7 Å². The number of ether oxygens (including phenoxy) is 2. The van der Waals surface area contributed by atoms with E-state index in [4.69, 9.17) is 18.5 Å². The molecule has 0 radical (unpaired) electrons. The third kappa shape index (κ3) is 76.4. The van der Waals surface area contributed by atoms with Crippen molar-refractivity contribution in [3.8, 4) is 0 Å². The summed E-state index contributed by atoms with van der Waals surface area (Å²) in [6, 6.07) is 0. The SMILES string of the molecule is CC/C=C\C/C=C\C/C=C\C/C=C\C/C=C\C/C=C\C/C=C\C/C=C\CCCCCCC(=O)OC(COC(=O)CCCCCCCCCCCCCCCCCCCCCCCC/C=C\C/C=C\C/C=C\C/C=C\C/C=C\C/C=C\CC)COP(=O)([O-])OCC[N+](C)(C)C. The number of rotatable bonds is 68. The molecule has 0 heterocycles. The monoisotopic (exact) mass is 1320 g/mol. The average Bonchev–Trinajstić information content (AvgIpc) is 1.65. The fourth-order valence-corrected chi connectivity index (χ4v) is 10.8. The molecule has 0 aliphatic rings. The van der Waals surface area contributed by atoms with Gasteiger partial charge in [-0.25, -0.2) is 0 Å². The van der Waals surface area contributed by atoms with Crippen molar-refractivity contribution in [3.63, 3.8) is 0 Å². The third-order valence-corrected chi connectivity index (χ3v) is 16.7. The van der Waals surface area contributed by atoms with Crippen LogP contribution in [0.15, 0.2) is 170 Å². The van der Waals surface area contributed by atoms with Crippen molar-refractivity contribution in [2.45, 2.75) is 302 Å². The zero-order valence-corrected chi connectivity index (χ0v) is 61.7. The summed E-state index contributed by atoms with van der Waals surface area (Å²) in [5.41, 5.74) is 0. The van der Waals surface area contributed by atoms with Crippen LogP contribution in [0.1, 0.15) is 296 Å². The lowest BCUT2D eigenvalue weighted by Crippen LogP contribution is -2.37. The highest BCUT2D eigenvalue weighted by atomic mass is 31.2. The number of quaternary nitrogens is 1. The summed E-state index contributed by atoms with van der Waals surface area (Å²) in [6.45, 7) is 3.98. The number of carbonyl (C=O) groups is 2. The number of carbonyl (C=O) groups excluding carboxylic acids is 2. The van der Waals surface area contributed by atoms with Gasteiger partial charge in [-0.05, 0) is 128 Å². The second-order valence-electron chi connectivity index (χ2n) is 25.9. The molecule has 0 saturated heterocycles. The summed E-state index contributed by atoms with van der Waals surface area (Å²) in [5.74, 6) is -0.864. The third-order valence-electron chi connectivity index (χ3n) is 15.7. The van der Waals surface area contributed by atoms with Crippen LogP contribution in [0.25, 0.3) is 0 Å². The van der Waals surface area contributed by atoms with Crippen LogP contribution in [0.2, 0.25) is 0 Å². The summed E-state index contributed by atoms with van der Waals surface area (Å²) in [6.07, 6.45) is 110. The highest BCUT2D eigenvalue weighted by Gasteiger charge is 2.22. The first-order valence-corrected chi connectivity index (χ1v) is 39.3. The number of hydrogen-bond donors (Lipinski definition) is 0. The number of phosphoric ester groups is 1. The fourth-order valence-electron chi connectivity index (χ4n) is 10.0. The Labute approximate surface area is 578 Å². The lowest BCUT2D eigenvalue weighted by Gasteiger charge is -2.28. The van der Waals surface area contributed by atoms with Gasteiger partial charge in [0.25, 0.3) is 7.82 Å². The molecule has 94 heavy (non-hydrogen) atoms. The normalized spacial score (nSPS) is 14.1. The van der Waals surface area contributed by atoms with E-state index in [0.717, 1.165) is 135 Å². The van der Waals surface area contributed by atoms with E-state index in [1.54, 1.807) is 0 Å². The van der Waals surface area contributed by atoms with Crippen molar-refractivity contribution >= 4 is 19.8 Å². The van der Waals surface area contributed by atoms with Crippen LogP contribution in [0, 0.1) is 0 Å². The highest BCUT2D eigenvalue weighted by Crippen LogP contribution is 2.38.